The van der Waals surface area contributed by atoms with Gasteiger partial charge in [0.15, 0.2) is 11.5 Å². The van der Waals surface area contributed by atoms with E-state index < -0.39 is 12.0 Å². The number of aliphatic carboxylic acids is 1. The normalized spacial score (nSPS) is 11.5. The summed E-state index contributed by atoms with van der Waals surface area (Å²) >= 11 is 0. The average Bonchev–Trinajstić information content (AvgIpc) is 2.60. The Labute approximate surface area is 146 Å². The first-order valence-corrected chi connectivity index (χ1v) is 7.74. The maximum Gasteiger partial charge on any atom is 0.252 e. The van der Waals surface area contributed by atoms with Crippen molar-refractivity contribution in [2.45, 2.75) is 19.4 Å². The topological polar surface area (TPSA) is 87.7 Å². The highest BCUT2D eigenvalue weighted by atomic mass is 16.5. The molecule has 0 aromatic heterocycles. The van der Waals surface area contributed by atoms with Crippen LogP contribution in [-0.4, -0.2) is 26.1 Å². The van der Waals surface area contributed by atoms with Gasteiger partial charge >= 0.3 is 0 Å². The van der Waals surface area contributed by atoms with Crippen molar-refractivity contribution in [1.29, 1.82) is 0 Å². The van der Waals surface area contributed by atoms with Gasteiger partial charge in [0.2, 0.25) is 0 Å². The lowest BCUT2D eigenvalue weighted by Crippen LogP contribution is -2.34. The van der Waals surface area contributed by atoms with Crippen molar-refractivity contribution in [3.05, 3.63) is 59.2 Å². The Balaban J connectivity index is 2.32. The number of carbonyl (C=O) groups is 2. The van der Waals surface area contributed by atoms with Gasteiger partial charge in [-0.05, 0) is 36.2 Å². The molecule has 2 aromatic carbocycles. The SMILES string of the molecule is COc1ccc([C@@H](CC(=O)[O-])NC(=O)c2ccccc2C)cc1OC. The van der Waals surface area contributed by atoms with Gasteiger partial charge in [-0.15, -0.1) is 0 Å². The Bertz CT molecular complexity index is 772. The molecule has 1 N–H and O–H groups in total. The van der Waals surface area contributed by atoms with Gasteiger partial charge in [-0.1, -0.05) is 24.3 Å². The van der Waals surface area contributed by atoms with Gasteiger partial charge in [-0.3, -0.25) is 4.79 Å². The third-order valence-corrected chi connectivity index (χ3v) is 3.88. The van der Waals surface area contributed by atoms with E-state index in [1.807, 2.05) is 19.1 Å². The molecule has 0 fully saturated rings. The van der Waals surface area contributed by atoms with Crippen LogP contribution in [0.15, 0.2) is 42.5 Å². The van der Waals surface area contributed by atoms with E-state index in [0.717, 1.165) is 5.56 Å². The van der Waals surface area contributed by atoms with Crippen LogP contribution in [0, 0.1) is 6.92 Å². The number of carboxylic acids is 1. The lowest BCUT2D eigenvalue weighted by molar-refractivity contribution is -0.306. The average molecular weight is 342 g/mol. The number of methoxy groups -OCH3 is 2. The first-order chi connectivity index (χ1) is 12.0. The van der Waals surface area contributed by atoms with Crippen LogP contribution in [0.3, 0.4) is 0 Å². The van der Waals surface area contributed by atoms with Gasteiger partial charge in [0.05, 0.1) is 20.3 Å². The van der Waals surface area contributed by atoms with Gasteiger partial charge in [0.1, 0.15) is 0 Å². The fraction of sp³-hybridized carbons (Fsp3) is 0.263. The van der Waals surface area contributed by atoms with Crippen molar-refractivity contribution in [2.24, 2.45) is 0 Å². The molecule has 0 aliphatic heterocycles. The number of nitrogens with one attached hydrogen (secondary N) is 1. The molecule has 1 atom stereocenters. The molecule has 0 aliphatic rings. The predicted molar refractivity (Wildman–Crippen MR) is 90.6 cm³/mol. The summed E-state index contributed by atoms with van der Waals surface area (Å²) in [5.41, 5.74) is 1.88. The number of rotatable bonds is 7. The molecule has 2 aromatic rings. The van der Waals surface area contributed by atoms with Gasteiger partial charge in [-0.2, -0.15) is 0 Å². The fourth-order valence-corrected chi connectivity index (χ4v) is 2.55. The molecule has 1 amide bonds. The van der Waals surface area contributed by atoms with Crippen LogP contribution in [0.5, 0.6) is 11.5 Å². The van der Waals surface area contributed by atoms with E-state index >= 15 is 0 Å². The van der Waals surface area contributed by atoms with Crippen LogP contribution >= 0.6 is 0 Å². The van der Waals surface area contributed by atoms with Gasteiger partial charge in [0.25, 0.3) is 5.91 Å². The highest BCUT2D eigenvalue weighted by Crippen LogP contribution is 2.31. The van der Waals surface area contributed by atoms with E-state index in [4.69, 9.17) is 9.47 Å². The van der Waals surface area contributed by atoms with Gasteiger partial charge < -0.3 is 24.7 Å². The summed E-state index contributed by atoms with van der Waals surface area (Å²) in [6, 6.07) is 11.3. The second kappa shape index (κ2) is 8.19. The second-order valence-electron chi connectivity index (χ2n) is 5.53. The summed E-state index contributed by atoms with van der Waals surface area (Å²) in [6.07, 6.45) is -0.354. The summed E-state index contributed by atoms with van der Waals surface area (Å²) in [4.78, 5) is 23.7. The van der Waals surface area contributed by atoms with Crippen LogP contribution in [0.2, 0.25) is 0 Å². The van der Waals surface area contributed by atoms with Crippen molar-refractivity contribution < 1.29 is 24.2 Å². The molecular weight excluding hydrogens is 322 g/mol. The molecular formula is C19H20NO5-. The number of carbonyl (C=O) groups excluding carboxylic acids is 2. The maximum absolute atomic E-state index is 12.5. The number of amides is 1. The molecule has 6 heteroatoms. The van der Waals surface area contributed by atoms with Crippen LogP contribution in [0.4, 0.5) is 0 Å². The van der Waals surface area contributed by atoms with Crippen molar-refractivity contribution in [2.75, 3.05) is 14.2 Å². The fourth-order valence-electron chi connectivity index (χ4n) is 2.55. The molecule has 0 unspecified atom stereocenters. The van der Waals surface area contributed by atoms with Crippen LogP contribution < -0.4 is 19.9 Å². The zero-order valence-electron chi connectivity index (χ0n) is 14.4. The van der Waals surface area contributed by atoms with Gasteiger partial charge in [-0.25, -0.2) is 0 Å². The largest absolute Gasteiger partial charge is 0.550 e. The smallest absolute Gasteiger partial charge is 0.252 e. The van der Waals surface area contributed by atoms with Crippen molar-refractivity contribution in [3.8, 4) is 11.5 Å². The molecule has 132 valence electrons. The summed E-state index contributed by atoms with van der Waals surface area (Å²) in [6.45, 7) is 1.82. The zero-order chi connectivity index (χ0) is 18.4. The lowest BCUT2D eigenvalue weighted by Gasteiger charge is -2.21. The Morgan fingerprint density at radius 2 is 1.76 bits per heavy atom. The quantitative estimate of drug-likeness (QED) is 0.826. The first kappa shape index (κ1) is 18.3. The second-order valence-corrected chi connectivity index (χ2v) is 5.53. The molecule has 0 bridgehead atoms. The Kier molecular flexibility index (Phi) is 6.00. The van der Waals surface area contributed by atoms with E-state index in [1.54, 1.807) is 30.3 Å². The van der Waals surface area contributed by atoms with E-state index in [2.05, 4.69) is 5.32 Å². The minimum Gasteiger partial charge on any atom is -0.550 e. The molecule has 0 aliphatic carbocycles. The number of benzene rings is 2. The maximum atomic E-state index is 12.5. The van der Waals surface area contributed by atoms with Crippen molar-refractivity contribution in [3.63, 3.8) is 0 Å². The molecule has 0 spiro atoms. The van der Waals surface area contributed by atoms with E-state index in [-0.39, 0.29) is 12.3 Å². The number of hydrogen-bond donors (Lipinski definition) is 1. The standard InChI is InChI=1S/C19H21NO5/c1-12-6-4-5-7-14(12)19(23)20-15(11-18(21)22)13-8-9-16(24-2)17(10-13)25-3/h4-10,15H,11H2,1-3H3,(H,20,23)(H,21,22)/p-1/t15-/m1/s1. The van der Waals surface area contributed by atoms with Crippen molar-refractivity contribution >= 4 is 11.9 Å². The molecule has 25 heavy (non-hydrogen) atoms. The molecule has 0 saturated carbocycles. The molecule has 0 heterocycles. The minimum atomic E-state index is -1.26. The summed E-state index contributed by atoms with van der Waals surface area (Å²) < 4.78 is 10.4. The summed E-state index contributed by atoms with van der Waals surface area (Å²) in [7, 11) is 3.00. The third kappa shape index (κ3) is 4.50. The highest BCUT2D eigenvalue weighted by molar-refractivity contribution is 5.96. The van der Waals surface area contributed by atoms with E-state index in [1.165, 1.54) is 14.2 Å². The van der Waals surface area contributed by atoms with Crippen LogP contribution in [-0.2, 0) is 4.79 Å². The highest BCUT2D eigenvalue weighted by Gasteiger charge is 2.19. The molecule has 0 radical (unpaired) electrons. The van der Waals surface area contributed by atoms with Crippen molar-refractivity contribution in [1.82, 2.24) is 5.32 Å². The Hall–Kier alpha value is -3.02. The van der Waals surface area contributed by atoms with E-state index in [0.29, 0.717) is 22.6 Å². The summed E-state index contributed by atoms with van der Waals surface area (Å²) in [5.74, 6) is -0.638. The van der Waals surface area contributed by atoms with Crippen LogP contribution in [0.25, 0.3) is 0 Å². The number of carboxylic acid groups (broad SMARTS) is 1. The Morgan fingerprint density at radius 3 is 2.36 bits per heavy atom. The first-order valence-electron chi connectivity index (χ1n) is 7.74. The zero-order valence-corrected chi connectivity index (χ0v) is 14.4. The minimum absolute atomic E-state index is 0.348. The molecule has 6 nitrogen and oxygen atoms in total. The molecule has 2 rings (SSSR count). The third-order valence-electron chi connectivity index (χ3n) is 3.88. The summed E-state index contributed by atoms with van der Waals surface area (Å²) in [5, 5.41) is 13.9. The lowest BCUT2D eigenvalue weighted by atomic mass is 10.0. The van der Waals surface area contributed by atoms with Gasteiger partial charge in [0, 0.05) is 18.0 Å². The monoisotopic (exact) mass is 342 g/mol. The predicted octanol–water partition coefficient (Wildman–Crippen LogP) is 1.62. The molecule has 0 saturated heterocycles. The number of hydrogen-bond acceptors (Lipinski definition) is 5. The number of aryl methyl sites for hydroxylation is 1. The van der Waals surface area contributed by atoms with E-state index in [9.17, 15) is 14.7 Å². The Morgan fingerprint density at radius 1 is 1.08 bits per heavy atom. The number of ether oxygens (including phenoxy) is 2. The van der Waals surface area contributed by atoms with Crippen LogP contribution in [0.1, 0.15) is 33.9 Å².